The van der Waals surface area contributed by atoms with Gasteiger partial charge in [-0.15, -0.1) is 0 Å². The van der Waals surface area contributed by atoms with Gasteiger partial charge in [-0.05, 0) is 24.3 Å². The summed E-state index contributed by atoms with van der Waals surface area (Å²) in [6.07, 6.45) is 0. The van der Waals surface area contributed by atoms with Crippen LogP contribution in [0.25, 0.3) is 10.9 Å². The van der Waals surface area contributed by atoms with Crippen LogP contribution in [0.15, 0.2) is 59.4 Å². The number of fused-ring (bicyclic) bond motifs is 1. The third-order valence-corrected chi connectivity index (χ3v) is 3.34. The lowest BCUT2D eigenvalue weighted by molar-refractivity contribution is 0.0595. The van der Waals surface area contributed by atoms with E-state index in [0.717, 1.165) is 0 Å². The van der Waals surface area contributed by atoms with Crippen LogP contribution in [0.3, 0.4) is 0 Å². The zero-order valence-electron chi connectivity index (χ0n) is 11.9. The molecule has 5 heteroatoms. The van der Waals surface area contributed by atoms with Crippen molar-refractivity contribution in [3.05, 3.63) is 70.5 Å². The first-order valence-corrected chi connectivity index (χ1v) is 6.76. The van der Waals surface area contributed by atoms with Gasteiger partial charge in [-0.1, -0.05) is 30.3 Å². The first kappa shape index (κ1) is 13.9. The van der Waals surface area contributed by atoms with E-state index in [0.29, 0.717) is 16.6 Å². The Hall–Kier alpha value is -3.08. The zero-order valence-corrected chi connectivity index (χ0v) is 11.9. The number of para-hydroxylation sites is 2. The Morgan fingerprint density at radius 2 is 1.73 bits per heavy atom. The van der Waals surface area contributed by atoms with E-state index in [1.54, 1.807) is 24.3 Å². The third kappa shape index (κ3) is 2.44. The van der Waals surface area contributed by atoms with Gasteiger partial charge >= 0.3 is 5.97 Å². The Morgan fingerprint density at radius 1 is 1.05 bits per heavy atom. The smallest absolute Gasteiger partial charge is 0.356 e. The fourth-order valence-corrected chi connectivity index (χ4v) is 2.28. The largest absolute Gasteiger partial charge is 0.464 e. The number of methoxy groups -OCH3 is 1. The quantitative estimate of drug-likeness (QED) is 0.728. The van der Waals surface area contributed by atoms with Crippen LogP contribution in [0.1, 0.15) is 10.5 Å². The number of anilines is 2. The van der Waals surface area contributed by atoms with E-state index in [9.17, 15) is 9.59 Å². The molecule has 0 spiro atoms. The summed E-state index contributed by atoms with van der Waals surface area (Å²) in [4.78, 5) is 27.6. The van der Waals surface area contributed by atoms with Crippen molar-refractivity contribution >= 4 is 28.2 Å². The minimum absolute atomic E-state index is 0.107. The average Bonchev–Trinajstić information content (AvgIpc) is 2.57. The summed E-state index contributed by atoms with van der Waals surface area (Å²) in [5, 5.41) is 3.51. The predicted octanol–water partition coefficient (Wildman–Crippen LogP) is 3.06. The molecule has 0 aliphatic heterocycles. The molecule has 5 nitrogen and oxygen atoms in total. The number of benzene rings is 2. The normalized spacial score (nSPS) is 10.4. The number of pyridine rings is 1. The molecule has 0 aliphatic carbocycles. The lowest BCUT2D eigenvalue weighted by atomic mass is 10.1. The van der Waals surface area contributed by atoms with Crippen LogP contribution < -0.4 is 10.7 Å². The maximum atomic E-state index is 12.7. The highest BCUT2D eigenvalue weighted by Gasteiger charge is 2.18. The minimum atomic E-state index is -0.596. The number of carbonyl (C=O) groups is 1. The molecule has 110 valence electrons. The van der Waals surface area contributed by atoms with Crippen molar-refractivity contribution < 1.29 is 9.53 Å². The molecule has 0 amide bonds. The summed E-state index contributed by atoms with van der Waals surface area (Å²) in [7, 11) is 1.28. The van der Waals surface area contributed by atoms with Crippen LogP contribution >= 0.6 is 0 Å². The van der Waals surface area contributed by atoms with Gasteiger partial charge in [0.1, 0.15) is 5.69 Å². The van der Waals surface area contributed by atoms with Gasteiger partial charge in [0, 0.05) is 11.1 Å². The molecule has 3 aromatic rings. The third-order valence-electron chi connectivity index (χ3n) is 3.34. The summed E-state index contributed by atoms with van der Waals surface area (Å²) in [5.41, 5.74) is 1.34. The summed E-state index contributed by atoms with van der Waals surface area (Å²) in [6.45, 7) is 0. The number of carbonyl (C=O) groups excluding carboxylic acids is 1. The van der Waals surface area contributed by atoms with Crippen molar-refractivity contribution in [2.24, 2.45) is 0 Å². The number of H-pyrrole nitrogens is 1. The molecule has 1 aromatic heterocycles. The Balaban J connectivity index is 2.23. The Morgan fingerprint density at radius 3 is 2.45 bits per heavy atom. The number of rotatable bonds is 3. The zero-order chi connectivity index (χ0) is 15.5. The number of hydrogen-bond donors (Lipinski definition) is 2. The first-order chi connectivity index (χ1) is 10.7. The van der Waals surface area contributed by atoms with E-state index in [4.69, 9.17) is 4.74 Å². The number of nitrogens with one attached hydrogen (secondary N) is 2. The summed E-state index contributed by atoms with van der Waals surface area (Å²) < 4.78 is 4.77. The fraction of sp³-hybridized carbons (Fsp3) is 0.0588. The van der Waals surface area contributed by atoms with Crippen LogP contribution in [0.4, 0.5) is 11.4 Å². The molecule has 0 fully saturated rings. The number of ether oxygens (including phenoxy) is 1. The van der Waals surface area contributed by atoms with Crippen molar-refractivity contribution in [1.29, 1.82) is 0 Å². The molecule has 1 heterocycles. The SMILES string of the molecule is COC(=O)c1[nH]c2ccccc2c(=O)c1Nc1ccccc1. The highest BCUT2D eigenvalue weighted by Crippen LogP contribution is 2.20. The molecule has 2 aromatic carbocycles. The van der Waals surface area contributed by atoms with Crippen molar-refractivity contribution in [2.45, 2.75) is 0 Å². The van der Waals surface area contributed by atoms with Crippen LogP contribution in [-0.4, -0.2) is 18.1 Å². The van der Waals surface area contributed by atoms with Gasteiger partial charge in [0.2, 0.25) is 5.43 Å². The fourth-order valence-electron chi connectivity index (χ4n) is 2.28. The van der Waals surface area contributed by atoms with Crippen molar-refractivity contribution in [2.75, 3.05) is 12.4 Å². The van der Waals surface area contributed by atoms with Crippen molar-refractivity contribution in [3.63, 3.8) is 0 Å². The lowest BCUT2D eigenvalue weighted by Crippen LogP contribution is -2.18. The molecule has 2 N–H and O–H groups in total. The standard InChI is InChI=1S/C17H14N2O3/c1-22-17(21)15-14(18-11-7-3-2-4-8-11)16(20)12-9-5-6-10-13(12)19-15/h2-10,18H,1H3,(H,19,20). The molecule has 0 aliphatic rings. The molecule has 0 saturated heterocycles. The number of aromatic nitrogens is 1. The number of hydrogen-bond acceptors (Lipinski definition) is 4. The molecule has 22 heavy (non-hydrogen) atoms. The van der Waals surface area contributed by atoms with Gasteiger partial charge in [-0.3, -0.25) is 4.79 Å². The number of aromatic amines is 1. The number of esters is 1. The van der Waals surface area contributed by atoms with E-state index in [1.807, 2.05) is 30.3 Å². The van der Waals surface area contributed by atoms with Gasteiger partial charge in [-0.25, -0.2) is 4.79 Å². The van der Waals surface area contributed by atoms with Crippen LogP contribution in [0.5, 0.6) is 0 Å². The van der Waals surface area contributed by atoms with Gasteiger partial charge in [0.05, 0.1) is 12.6 Å². The van der Waals surface area contributed by atoms with E-state index >= 15 is 0 Å². The average molecular weight is 294 g/mol. The van der Waals surface area contributed by atoms with Crippen LogP contribution in [-0.2, 0) is 4.74 Å². The van der Waals surface area contributed by atoms with E-state index in [2.05, 4.69) is 10.3 Å². The van der Waals surface area contributed by atoms with Gasteiger partial charge in [0.15, 0.2) is 5.69 Å². The Labute approximate surface area is 126 Å². The topological polar surface area (TPSA) is 71.2 Å². The maximum Gasteiger partial charge on any atom is 0.356 e. The second kappa shape index (κ2) is 5.73. The molecule has 0 atom stereocenters. The monoisotopic (exact) mass is 294 g/mol. The van der Waals surface area contributed by atoms with Crippen molar-refractivity contribution in [3.8, 4) is 0 Å². The second-order valence-electron chi connectivity index (χ2n) is 4.73. The molecule has 0 radical (unpaired) electrons. The van der Waals surface area contributed by atoms with E-state index in [1.165, 1.54) is 7.11 Å². The first-order valence-electron chi connectivity index (χ1n) is 6.76. The van der Waals surface area contributed by atoms with E-state index in [-0.39, 0.29) is 16.8 Å². The summed E-state index contributed by atoms with van der Waals surface area (Å²) in [6, 6.07) is 16.2. The molecular weight excluding hydrogens is 280 g/mol. The molecular formula is C17H14N2O3. The van der Waals surface area contributed by atoms with Crippen molar-refractivity contribution in [1.82, 2.24) is 4.98 Å². The van der Waals surface area contributed by atoms with Gasteiger partial charge < -0.3 is 15.0 Å². The summed E-state index contributed by atoms with van der Waals surface area (Å²) in [5.74, 6) is -0.596. The minimum Gasteiger partial charge on any atom is -0.464 e. The van der Waals surface area contributed by atoms with Crippen LogP contribution in [0, 0.1) is 0 Å². The highest BCUT2D eigenvalue weighted by molar-refractivity contribution is 5.98. The molecule has 0 bridgehead atoms. The highest BCUT2D eigenvalue weighted by atomic mass is 16.5. The predicted molar refractivity (Wildman–Crippen MR) is 85.6 cm³/mol. The van der Waals surface area contributed by atoms with Crippen LogP contribution in [0.2, 0.25) is 0 Å². The van der Waals surface area contributed by atoms with Gasteiger partial charge in [0.25, 0.3) is 0 Å². The van der Waals surface area contributed by atoms with E-state index < -0.39 is 5.97 Å². The Kier molecular flexibility index (Phi) is 3.62. The lowest BCUT2D eigenvalue weighted by Gasteiger charge is -2.11. The second-order valence-corrected chi connectivity index (χ2v) is 4.73. The Bertz CT molecular complexity index is 885. The molecule has 0 unspecified atom stereocenters. The molecule has 3 rings (SSSR count). The molecule has 0 saturated carbocycles. The van der Waals surface area contributed by atoms with Gasteiger partial charge in [-0.2, -0.15) is 0 Å². The summed E-state index contributed by atoms with van der Waals surface area (Å²) >= 11 is 0. The maximum absolute atomic E-state index is 12.7.